The highest BCUT2D eigenvalue weighted by Gasteiger charge is 2.34. The van der Waals surface area contributed by atoms with Crippen molar-refractivity contribution in [3.63, 3.8) is 0 Å². The molecule has 0 bridgehead atoms. The van der Waals surface area contributed by atoms with Gasteiger partial charge in [-0.25, -0.2) is 9.69 Å². The van der Waals surface area contributed by atoms with Crippen LogP contribution >= 0.6 is 0 Å². The molecule has 1 amide bonds. The molecule has 1 aliphatic rings. The highest BCUT2D eigenvalue weighted by Crippen LogP contribution is 2.38. The van der Waals surface area contributed by atoms with Crippen molar-refractivity contribution in [1.82, 2.24) is 4.90 Å². The molecule has 1 aliphatic heterocycles. The molecule has 0 radical (unpaired) electrons. The van der Waals surface area contributed by atoms with E-state index in [1.54, 1.807) is 11.2 Å². The maximum atomic E-state index is 13.6. The van der Waals surface area contributed by atoms with Crippen LogP contribution in [0.5, 0.6) is 0 Å². The Hall–Kier alpha value is -3.79. The van der Waals surface area contributed by atoms with Crippen LogP contribution in [0.2, 0.25) is 0 Å². The first kappa shape index (κ1) is 21.4. The Bertz CT molecular complexity index is 1130. The molecule has 0 saturated carbocycles. The van der Waals surface area contributed by atoms with E-state index < -0.39 is 11.7 Å². The van der Waals surface area contributed by atoms with Crippen LogP contribution in [0.25, 0.3) is 11.4 Å². The Labute approximate surface area is 189 Å². The summed E-state index contributed by atoms with van der Waals surface area (Å²) in [5, 5.41) is 0. The molecule has 4 heteroatoms. The van der Waals surface area contributed by atoms with Crippen molar-refractivity contribution in [3.05, 3.63) is 120 Å². The van der Waals surface area contributed by atoms with E-state index in [1.165, 1.54) is 0 Å². The topological polar surface area (TPSA) is 38.8 Å². The molecular weight excluding hydrogens is 398 g/mol. The number of hydrogen-bond acceptors (Lipinski definition) is 3. The molecule has 32 heavy (non-hydrogen) atoms. The first-order valence-electron chi connectivity index (χ1n) is 10.7. The number of benzene rings is 3. The van der Waals surface area contributed by atoms with Crippen molar-refractivity contribution in [2.45, 2.75) is 32.8 Å². The minimum Gasteiger partial charge on any atom is -0.465 e. The number of allylic oxidation sites excluding steroid dienone is 1. The molecule has 0 unspecified atom stereocenters. The smallest absolute Gasteiger partial charge is 0.419 e. The monoisotopic (exact) mass is 425 g/mol. The Kier molecular flexibility index (Phi) is 6.13. The minimum atomic E-state index is -0.640. The fourth-order valence-electron chi connectivity index (χ4n) is 3.58. The van der Waals surface area contributed by atoms with Crippen LogP contribution in [0.4, 0.5) is 4.79 Å². The van der Waals surface area contributed by atoms with E-state index >= 15 is 0 Å². The summed E-state index contributed by atoms with van der Waals surface area (Å²) < 4.78 is 12.0. The second kappa shape index (κ2) is 9.15. The van der Waals surface area contributed by atoms with Gasteiger partial charge < -0.3 is 9.47 Å². The van der Waals surface area contributed by atoms with Gasteiger partial charge in [-0.15, -0.1) is 0 Å². The number of amides is 1. The van der Waals surface area contributed by atoms with Gasteiger partial charge in [-0.2, -0.15) is 0 Å². The van der Waals surface area contributed by atoms with Crippen molar-refractivity contribution in [2.24, 2.45) is 0 Å². The Morgan fingerprint density at radius 1 is 0.812 bits per heavy atom. The molecule has 162 valence electrons. The van der Waals surface area contributed by atoms with Gasteiger partial charge >= 0.3 is 6.09 Å². The maximum Gasteiger partial charge on any atom is 0.419 e. The number of nitrogens with zero attached hydrogens (tertiary/aromatic N) is 1. The largest absolute Gasteiger partial charge is 0.465 e. The molecule has 0 saturated heterocycles. The molecule has 3 aromatic rings. The summed E-state index contributed by atoms with van der Waals surface area (Å²) >= 11 is 0. The van der Waals surface area contributed by atoms with Crippen molar-refractivity contribution in [2.75, 3.05) is 0 Å². The second-order valence-corrected chi connectivity index (χ2v) is 8.60. The number of hydrogen-bond donors (Lipinski definition) is 0. The van der Waals surface area contributed by atoms with E-state index in [1.807, 2.05) is 112 Å². The van der Waals surface area contributed by atoms with Gasteiger partial charge in [-0.05, 0) is 26.3 Å². The van der Waals surface area contributed by atoms with Crippen molar-refractivity contribution < 1.29 is 14.3 Å². The van der Waals surface area contributed by atoms with E-state index in [4.69, 9.17) is 9.47 Å². The summed E-state index contributed by atoms with van der Waals surface area (Å²) in [5.41, 5.74) is 3.52. The molecule has 1 heterocycles. The van der Waals surface area contributed by atoms with E-state index in [9.17, 15) is 4.79 Å². The van der Waals surface area contributed by atoms with E-state index in [-0.39, 0.29) is 0 Å². The summed E-state index contributed by atoms with van der Waals surface area (Å²) in [6, 6.07) is 29.6. The molecule has 0 fully saturated rings. The zero-order chi connectivity index (χ0) is 22.6. The molecule has 0 atom stereocenters. The quantitative estimate of drug-likeness (QED) is 0.458. The van der Waals surface area contributed by atoms with Gasteiger partial charge in [0.15, 0.2) is 0 Å². The standard InChI is InChI=1S/C28H27NO3/c1-28(2,3)32-27(30)29-24(22-15-9-5-10-16-22)20-31-25(19-21-13-7-4-8-14-21)26(29)23-17-11-6-12-18-23/h4-18,20H,19H2,1-3H3. The fourth-order valence-corrected chi connectivity index (χ4v) is 3.58. The van der Waals surface area contributed by atoms with Crippen LogP contribution in [-0.2, 0) is 15.9 Å². The van der Waals surface area contributed by atoms with Gasteiger partial charge in [0.25, 0.3) is 0 Å². The van der Waals surface area contributed by atoms with Gasteiger partial charge in [0.05, 0.1) is 11.4 Å². The van der Waals surface area contributed by atoms with Gasteiger partial charge in [-0.1, -0.05) is 91.0 Å². The lowest BCUT2D eigenvalue weighted by molar-refractivity contribution is 0.0414. The fraction of sp³-hybridized carbons (Fsp3) is 0.179. The molecule has 0 spiro atoms. The van der Waals surface area contributed by atoms with Crippen LogP contribution in [0.1, 0.15) is 37.5 Å². The second-order valence-electron chi connectivity index (χ2n) is 8.60. The minimum absolute atomic E-state index is 0.444. The SMILES string of the molecule is CC(C)(C)OC(=O)N1C(c2ccccc2)=COC(Cc2ccccc2)=C1c1ccccc1. The number of rotatable bonds is 4. The first-order valence-corrected chi connectivity index (χ1v) is 10.7. The van der Waals surface area contributed by atoms with E-state index in [0.717, 1.165) is 16.7 Å². The van der Waals surface area contributed by atoms with Crippen LogP contribution in [0, 0.1) is 0 Å². The normalized spacial score (nSPS) is 14.0. The average Bonchev–Trinajstić information content (AvgIpc) is 2.79. The van der Waals surface area contributed by atoms with Gasteiger partial charge in [0, 0.05) is 17.5 Å². The summed E-state index contributed by atoms with van der Waals surface area (Å²) in [4.78, 5) is 15.2. The Morgan fingerprint density at radius 3 is 1.91 bits per heavy atom. The van der Waals surface area contributed by atoms with Crippen molar-refractivity contribution in [3.8, 4) is 0 Å². The van der Waals surface area contributed by atoms with Crippen LogP contribution in [-0.4, -0.2) is 16.6 Å². The molecule has 0 aromatic heterocycles. The molecule has 4 rings (SSSR count). The average molecular weight is 426 g/mol. The third-order valence-electron chi connectivity index (χ3n) is 4.94. The van der Waals surface area contributed by atoms with Gasteiger partial charge in [-0.3, -0.25) is 0 Å². The molecule has 0 N–H and O–H groups in total. The van der Waals surface area contributed by atoms with Crippen molar-refractivity contribution >= 4 is 17.5 Å². The van der Waals surface area contributed by atoms with Crippen LogP contribution in [0.3, 0.4) is 0 Å². The lowest BCUT2D eigenvalue weighted by Gasteiger charge is -2.34. The maximum absolute atomic E-state index is 13.6. The summed E-state index contributed by atoms with van der Waals surface area (Å²) in [6.07, 6.45) is 1.74. The lowest BCUT2D eigenvalue weighted by Crippen LogP contribution is -2.37. The predicted octanol–water partition coefficient (Wildman–Crippen LogP) is 6.86. The van der Waals surface area contributed by atoms with Crippen LogP contribution in [0.15, 0.2) is 103 Å². The number of carbonyl (C=O) groups excluding carboxylic acids is 1. The number of ether oxygens (including phenoxy) is 2. The van der Waals surface area contributed by atoms with Crippen molar-refractivity contribution in [1.29, 1.82) is 0 Å². The van der Waals surface area contributed by atoms with E-state index in [2.05, 4.69) is 0 Å². The predicted molar refractivity (Wildman–Crippen MR) is 127 cm³/mol. The zero-order valence-electron chi connectivity index (χ0n) is 18.6. The molecular formula is C28H27NO3. The highest BCUT2D eigenvalue weighted by atomic mass is 16.6. The summed E-state index contributed by atoms with van der Waals surface area (Å²) in [7, 11) is 0. The molecule has 0 aliphatic carbocycles. The van der Waals surface area contributed by atoms with Gasteiger partial charge in [0.1, 0.15) is 17.6 Å². The third-order valence-corrected chi connectivity index (χ3v) is 4.94. The zero-order valence-corrected chi connectivity index (χ0v) is 18.6. The summed E-state index contributed by atoms with van der Waals surface area (Å²) in [5.74, 6) is 0.688. The first-order chi connectivity index (χ1) is 15.4. The molecule has 4 nitrogen and oxygen atoms in total. The Morgan fingerprint density at radius 2 is 1.34 bits per heavy atom. The summed E-state index contributed by atoms with van der Waals surface area (Å²) in [6.45, 7) is 5.61. The molecule has 3 aromatic carbocycles. The van der Waals surface area contributed by atoms with Gasteiger partial charge in [0.2, 0.25) is 0 Å². The van der Waals surface area contributed by atoms with Crippen LogP contribution < -0.4 is 0 Å². The number of carbonyl (C=O) groups is 1. The third kappa shape index (κ3) is 4.92. The Balaban J connectivity index is 1.87. The van der Waals surface area contributed by atoms with E-state index in [0.29, 0.717) is 23.6 Å². The highest BCUT2D eigenvalue weighted by molar-refractivity contribution is 5.95. The lowest BCUT2D eigenvalue weighted by atomic mass is 10.0.